The number of nitrogens with one attached hydrogen (secondary N) is 1. The fourth-order valence-electron chi connectivity index (χ4n) is 1.95. The molecule has 3 nitrogen and oxygen atoms in total. The average molecular weight is 255 g/mol. The lowest BCUT2D eigenvalue weighted by molar-refractivity contribution is 0.766. The van der Waals surface area contributed by atoms with Gasteiger partial charge in [0.1, 0.15) is 11.6 Å². The second-order valence-corrected chi connectivity index (χ2v) is 5.25. The van der Waals surface area contributed by atoms with Crippen LogP contribution in [0.25, 0.3) is 0 Å². The molecule has 0 aliphatic carbocycles. The SMILES string of the molecule is Cc1cccc(CNc2cc(C)nc(C(C)C)n2)c1. The van der Waals surface area contributed by atoms with Gasteiger partial charge in [0.05, 0.1) is 0 Å². The highest BCUT2D eigenvalue weighted by Gasteiger charge is 2.05. The van der Waals surface area contributed by atoms with E-state index in [0.29, 0.717) is 5.92 Å². The maximum atomic E-state index is 4.55. The molecule has 0 fully saturated rings. The molecule has 0 unspecified atom stereocenters. The summed E-state index contributed by atoms with van der Waals surface area (Å²) in [6.07, 6.45) is 0. The molecule has 3 heteroatoms. The zero-order chi connectivity index (χ0) is 13.8. The number of hydrogen-bond acceptors (Lipinski definition) is 3. The fraction of sp³-hybridized carbons (Fsp3) is 0.375. The monoisotopic (exact) mass is 255 g/mol. The third-order valence-corrected chi connectivity index (χ3v) is 2.94. The summed E-state index contributed by atoms with van der Waals surface area (Å²) in [7, 11) is 0. The number of nitrogens with zero attached hydrogens (tertiary/aromatic N) is 2. The molecular formula is C16H21N3. The zero-order valence-electron chi connectivity index (χ0n) is 12.1. The van der Waals surface area contributed by atoms with Crippen LogP contribution in [0.3, 0.4) is 0 Å². The van der Waals surface area contributed by atoms with E-state index in [9.17, 15) is 0 Å². The van der Waals surface area contributed by atoms with Crippen molar-refractivity contribution in [3.63, 3.8) is 0 Å². The molecule has 0 amide bonds. The molecule has 1 heterocycles. The van der Waals surface area contributed by atoms with Crippen molar-refractivity contribution in [2.75, 3.05) is 5.32 Å². The second kappa shape index (κ2) is 5.83. The normalized spacial score (nSPS) is 10.8. The van der Waals surface area contributed by atoms with Gasteiger partial charge in [-0.25, -0.2) is 9.97 Å². The Kier molecular flexibility index (Phi) is 4.15. The lowest BCUT2D eigenvalue weighted by atomic mass is 10.1. The first-order valence-corrected chi connectivity index (χ1v) is 6.69. The van der Waals surface area contributed by atoms with Gasteiger partial charge in [0.15, 0.2) is 0 Å². The van der Waals surface area contributed by atoms with E-state index in [4.69, 9.17) is 0 Å². The van der Waals surface area contributed by atoms with Crippen molar-refractivity contribution in [1.29, 1.82) is 0 Å². The molecule has 0 saturated carbocycles. The van der Waals surface area contributed by atoms with Crippen LogP contribution in [0.1, 0.15) is 42.4 Å². The van der Waals surface area contributed by atoms with Crippen LogP contribution in [0.2, 0.25) is 0 Å². The van der Waals surface area contributed by atoms with Crippen LogP contribution in [-0.2, 0) is 6.54 Å². The summed E-state index contributed by atoms with van der Waals surface area (Å²) in [5.74, 6) is 2.14. The Balaban J connectivity index is 2.11. The van der Waals surface area contributed by atoms with Crippen molar-refractivity contribution < 1.29 is 0 Å². The molecule has 0 spiro atoms. The van der Waals surface area contributed by atoms with Gasteiger partial charge in [-0.3, -0.25) is 0 Å². The van der Waals surface area contributed by atoms with Gasteiger partial charge in [-0.15, -0.1) is 0 Å². The first kappa shape index (κ1) is 13.5. The van der Waals surface area contributed by atoms with E-state index in [1.54, 1.807) is 0 Å². The fourth-order valence-corrected chi connectivity index (χ4v) is 1.95. The van der Waals surface area contributed by atoms with E-state index in [0.717, 1.165) is 23.9 Å². The van der Waals surface area contributed by atoms with Crippen LogP contribution in [0.4, 0.5) is 5.82 Å². The van der Waals surface area contributed by atoms with Crippen LogP contribution in [0, 0.1) is 13.8 Å². The number of aromatic nitrogens is 2. The third kappa shape index (κ3) is 3.78. The van der Waals surface area contributed by atoms with Gasteiger partial charge in [0.25, 0.3) is 0 Å². The predicted octanol–water partition coefficient (Wildman–Crippen LogP) is 3.83. The molecular weight excluding hydrogens is 234 g/mol. The van der Waals surface area contributed by atoms with Gasteiger partial charge >= 0.3 is 0 Å². The minimum absolute atomic E-state index is 0.347. The highest BCUT2D eigenvalue weighted by molar-refractivity contribution is 5.37. The van der Waals surface area contributed by atoms with E-state index in [2.05, 4.69) is 60.3 Å². The smallest absolute Gasteiger partial charge is 0.133 e. The zero-order valence-corrected chi connectivity index (χ0v) is 12.1. The molecule has 1 N–H and O–H groups in total. The average Bonchev–Trinajstić information content (AvgIpc) is 2.36. The second-order valence-electron chi connectivity index (χ2n) is 5.25. The molecule has 19 heavy (non-hydrogen) atoms. The molecule has 0 bridgehead atoms. The van der Waals surface area contributed by atoms with Gasteiger partial charge in [0, 0.05) is 24.2 Å². The van der Waals surface area contributed by atoms with E-state index in [-0.39, 0.29) is 0 Å². The van der Waals surface area contributed by atoms with E-state index >= 15 is 0 Å². The molecule has 0 aliphatic heterocycles. The third-order valence-electron chi connectivity index (χ3n) is 2.94. The van der Waals surface area contributed by atoms with E-state index < -0.39 is 0 Å². The van der Waals surface area contributed by atoms with Crippen molar-refractivity contribution in [1.82, 2.24) is 9.97 Å². The first-order valence-electron chi connectivity index (χ1n) is 6.69. The molecule has 0 aliphatic rings. The highest BCUT2D eigenvalue weighted by Crippen LogP contribution is 2.14. The Hall–Kier alpha value is -1.90. The van der Waals surface area contributed by atoms with Crippen LogP contribution < -0.4 is 5.32 Å². The van der Waals surface area contributed by atoms with E-state index in [1.165, 1.54) is 11.1 Å². The van der Waals surface area contributed by atoms with E-state index in [1.807, 2.05) is 13.0 Å². The number of anilines is 1. The molecule has 0 atom stereocenters. The first-order chi connectivity index (χ1) is 9.04. The number of aryl methyl sites for hydroxylation is 2. The van der Waals surface area contributed by atoms with Crippen molar-refractivity contribution in [3.8, 4) is 0 Å². The quantitative estimate of drug-likeness (QED) is 0.902. The summed E-state index contributed by atoms with van der Waals surface area (Å²) in [5, 5.41) is 3.37. The summed E-state index contributed by atoms with van der Waals surface area (Å²) in [5.41, 5.74) is 3.55. The number of rotatable bonds is 4. The summed E-state index contributed by atoms with van der Waals surface area (Å²) in [6, 6.07) is 10.5. The lowest BCUT2D eigenvalue weighted by Gasteiger charge is -2.10. The van der Waals surface area contributed by atoms with Crippen LogP contribution in [-0.4, -0.2) is 9.97 Å². The molecule has 0 radical (unpaired) electrons. The van der Waals surface area contributed by atoms with Gasteiger partial charge in [-0.2, -0.15) is 0 Å². The van der Waals surface area contributed by atoms with Crippen molar-refractivity contribution in [2.45, 2.75) is 40.2 Å². The summed E-state index contributed by atoms with van der Waals surface area (Å²) >= 11 is 0. The van der Waals surface area contributed by atoms with Gasteiger partial charge < -0.3 is 5.32 Å². The van der Waals surface area contributed by atoms with Crippen LogP contribution in [0.15, 0.2) is 30.3 Å². The Morgan fingerprint density at radius 1 is 1.11 bits per heavy atom. The van der Waals surface area contributed by atoms with Gasteiger partial charge in [-0.05, 0) is 19.4 Å². The molecule has 1 aromatic carbocycles. The Morgan fingerprint density at radius 2 is 1.89 bits per heavy atom. The molecule has 0 saturated heterocycles. The molecule has 100 valence electrons. The van der Waals surface area contributed by atoms with Gasteiger partial charge in [-0.1, -0.05) is 43.7 Å². The number of hydrogen-bond donors (Lipinski definition) is 1. The Morgan fingerprint density at radius 3 is 2.58 bits per heavy atom. The summed E-state index contributed by atoms with van der Waals surface area (Å²) in [4.78, 5) is 9.00. The molecule has 1 aromatic heterocycles. The predicted molar refractivity (Wildman–Crippen MR) is 79.4 cm³/mol. The highest BCUT2D eigenvalue weighted by atomic mass is 15.0. The van der Waals surface area contributed by atoms with Crippen LogP contribution in [0.5, 0.6) is 0 Å². The van der Waals surface area contributed by atoms with Gasteiger partial charge in [0.2, 0.25) is 0 Å². The lowest BCUT2D eigenvalue weighted by Crippen LogP contribution is -2.06. The number of benzene rings is 1. The molecule has 2 rings (SSSR count). The largest absolute Gasteiger partial charge is 0.366 e. The molecule has 2 aromatic rings. The maximum Gasteiger partial charge on any atom is 0.133 e. The van der Waals surface area contributed by atoms with Crippen molar-refractivity contribution in [2.24, 2.45) is 0 Å². The Labute approximate surface area is 115 Å². The minimum Gasteiger partial charge on any atom is -0.366 e. The Bertz CT molecular complexity index is 562. The van der Waals surface area contributed by atoms with Crippen molar-refractivity contribution in [3.05, 3.63) is 53.0 Å². The minimum atomic E-state index is 0.347. The summed E-state index contributed by atoms with van der Waals surface area (Å²) < 4.78 is 0. The maximum absolute atomic E-state index is 4.55. The van der Waals surface area contributed by atoms with Crippen LogP contribution >= 0.6 is 0 Å². The van der Waals surface area contributed by atoms with Crippen molar-refractivity contribution >= 4 is 5.82 Å². The topological polar surface area (TPSA) is 37.8 Å². The summed E-state index contributed by atoms with van der Waals surface area (Å²) in [6.45, 7) is 9.12. The standard InChI is InChI=1S/C16H21N3/c1-11(2)16-18-13(4)9-15(19-16)17-10-14-7-5-6-12(3)8-14/h5-9,11H,10H2,1-4H3,(H,17,18,19).